The fourth-order valence-corrected chi connectivity index (χ4v) is 0.781. The molecule has 0 aliphatic heterocycles. The van der Waals surface area contributed by atoms with Crippen LogP contribution in [0.3, 0.4) is 0 Å². The van der Waals surface area contributed by atoms with Crippen molar-refractivity contribution in [2.24, 2.45) is 0 Å². The van der Waals surface area contributed by atoms with E-state index in [-0.39, 0.29) is 11.8 Å². The van der Waals surface area contributed by atoms with Crippen LogP contribution in [0, 0.1) is 0 Å². The number of nitrogens with one attached hydrogen (secondary N) is 2. The Morgan fingerprint density at radius 2 is 1.71 bits per heavy atom. The van der Waals surface area contributed by atoms with Gasteiger partial charge in [-0.25, -0.2) is 0 Å². The molecule has 0 heterocycles. The summed E-state index contributed by atoms with van der Waals surface area (Å²) in [6.07, 6.45) is 3.49. The van der Waals surface area contributed by atoms with Crippen molar-refractivity contribution in [3.05, 3.63) is 25.3 Å². The summed E-state index contributed by atoms with van der Waals surface area (Å²) in [5.74, 6) is -0.237. The number of likely N-dealkylation sites (N-methyl/N-ethyl adjacent to an activating group) is 1. The highest BCUT2D eigenvalue weighted by Crippen LogP contribution is 1.80. The number of rotatable bonds is 6. The van der Waals surface area contributed by atoms with Gasteiger partial charge < -0.3 is 15.5 Å². The molecule has 0 radical (unpaired) electrons. The van der Waals surface area contributed by atoms with Crippen molar-refractivity contribution in [3.63, 3.8) is 0 Å². The molecule has 0 saturated carbocycles. The summed E-state index contributed by atoms with van der Waals surface area (Å²) in [6, 6.07) is 0. The molecule has 17 heavy (non-hydrogen) atoms. The smallest absolute Gasteiger partial charge is 0.243 e. The molecule has 5 heteroatoms. The third kappa shape index (κ3) is 17.0. The maximum absolute atomic E-state index is 10.6. The van der Waals surface area contributed by atoms with Crippen molar-refractivity contribution < 1.29 is 9.59 Å². The Bertz CT molecular complexity index is 250. The van der Waals surface area contributed by atoms with Gasteiger partial charge in [0.15, 0.2) is 0 Å². The number of hydrogen-bond acceptors (Lipinski definition) is 3. The SMILES string of the molecule is C=CC(=O)NC.C=CC(=O)NCCCN(C)C. The number of carbonyl (C=O) groups excluding carboxylic acids is 2. The zero-order valence-corrected chi connectivity index (χ0v) is 11.0. The molecular formula is C12H23N3O2. The molecule has 0 aliphatic carbocycles. The van der Waals surface area contributed by atoms with Gasteiger partial charge in [0.1, 0.15) is 0 Å². The standard InChI is InChI=1S/C8H16N2O.C4H7NO/c1-4-8(11)9-6-5-7-10(2)3;1-3-4(6)5-2/h4H,1,5-7H2,2-3H3,(H,9,11);3H,1H2,2H3,(H,5,6). The van der Waals surface area contributed by atoms with Crippen LogP contribution in [-0.2, 0) is 9.59 Å². The van der Waals surface area contributed by atoms with Gasteiger partial charge >= 0.3 is 0 Å². The molecule has 0 unspecified atom stereocenters. The zero-order chi connectivity index (χ0) is 13.7. The molecule has 2 amide bonds. The third-order valence-electron chi connectivity index (χ3n) is 1.70. The lowest BCUT2D eigenvalue weighted by Gasteiger charge is -2.08. The van der Waals surface area contributed by atoms with Crippen molar-refractivity contribution in [3.8, 4) is 0 Å². The Balaban J connectivity index is 0. The van der Waals surface area contributed by atoms with E-state index in [4.69, 9.17) is 0 Å². The van der Waals surface area contributed by atoms with E-state index < -0.39 is 0 Å². The van der Waals surface area contributed by atoms with E-state index in [1.54, 1.807) is 7.05 Å². The lowest BCUT2D eigenvalue weighted by molar-refractivity contribution is -0.117. The highest BCUT2D eigenvalue weighted by atomic mass is 16.2. The fourth-order valence-electron chi connectivity index (χ4n) is 0.781. The molecule has 0 atom stereocenters. The lowest BCUT2D eigenvalue weighted by atomic mass is 10.4. The molecule has 0 fully saturated rings. The first kappa shape index (κ1) is 17.8. The Morgan fingerprint density at radius 3 is 2.00 bits per heavy atom. The van der Waals surface area contributed by atoms with Crippen molar-refractivity contribution >= 4 is 11.8 Å². The largest absolute Gasteiger partial charge is 0.356 e. The van der Waals surface area contributed by atoms with Crippen LogP contribution in [-0.4, -0.2) is 50.9 Å². The second kappa shape index (κ2) is 12.4. The lowest BCUT2D eigenvalue weighted by Crippen LogP contribution is -2.25. The van der Waals surface area contributed by atoms with Crippen molar-refractivity contribution in [1.82, 2.24) is 15.5 Å². The van der Waals surface area contributed by atoms with Crippen molar-refractivity contribution in [2.75, 3.05) is 34.2 Å². The van der Waals surface area contributed by atoms with Crippen LogP contribution in [0.4, 0.5) is 0 Å². The monoisotopic (exact) mass is 241 g/mol. The predicted octanol–water partition coefficient (Wildman–Crippen LogP) is 0.159. The van der Waals surface area contributed by atoms with Crippen LogP contribution < -0.4 is 10.6 Å². The quantitative estimate of drug-likeness (QED) is 0.514. The Kier molecular flexibility index (Phi) is 13.0. The van der Waals surface area contributed by atoms with Gasteiger partial charge in [-0.05, 0) is 39.2 Å². The minimum atomic E-state index is -0.144. The first-order valence-electron chi connectivity index (χ1n) is 5.37. The topological polar surface area (TPSA) is 61.4 Å². The van der Waals surface area contributed by atoms with E-state index in [9.17, 15) is 9.59 Å². The van der Waals surface area contributed by atoms with Gasteiger partial charge in [0.2, 0.25) is 11.8 Å². The first-order chi connectivity index (χ1) is 7.97. The van der Waals surface area contributed by atoms with Crippen molar-refractivity contribution in [1.29, 1.82) is 0 Å². The third-order valence-corrected chi connectivity index (χ3v) is 1.70. The van der Waals surface area contributed by atoms with Gasteiger partial charge in [0, 0.05) is 13.6 Å². The van der Waals surface area contributed by atoms with Gasteiger partial charge in [-0.15, -0.1) is 0 Å². The van der Waals surface area contributed by atoms with E-state index in [0.29, 0.717) is 0 Å². The summed E-state index contributed by atoms with van der Waals surface area (Å²) in [5, 5.41) is 5.06. The highest BCUT2D eigenvalue weighted by molar-refractivity contribution is 5.86. The van der Waals surface area contributed by atoms with E-state index in [0.717, 1.165) is 19.5 Å². The van der Waals surface area contributed by atoms with E-state index in [1.165, 1.54) is 12.2 Å². The van der Waals surface area contributed by atoms with Crippen LogP contribution in [0.25, 0.3) is 0 Å². The summed E-state index contributed by atoms with van der Waals surface area (Å²) < 4.78 is 0. The summed E-state index contributed by atoms with van der Waals surface area (Å²) in [5.41, 5.74) is 0. The summed E-state index contributed by atoms with van der Waals surface area (Å²) in [4.78, 5) is 22.6. The van der Waals surface area contributed by atoms with Crippen LogP contribution in [0.1, 0.15) is 6.42 Å². The number of carbonyl (C=O) groups is 2. The Labute approximate surface area is 104 Å². The molecule has 0 rings (SSSR count). The van der Waals surface area contributed by atoms with Crippen molar-refractivity contribution in [2.45, 2.75) is 6.42 Å². The molecule has 5 nitrogen and oxygen atoms in total. The fraction of sp³-hybridized carbons (Fsp3) is 0.500. The van der Waals surface area contributed by atoms with Gasteiger partial charge in [-0.3, -0.25) is 9.59 Å². The van der Waals surface area contributed by atoms with E-state index >= 15 is 0 Å². The number of amides is 2. The normalized spacial score (nSPS) is 8.71. The second-order valence-corrected chi connectivity index (χ2v) is 3.47. The zero-order valence-electron chi connectivity index (χ0n) is 11.0. The average molecular weight is 241 g/mol. The van der Waals surface area contributed by atoms with Gasteiger partial charge in [-0.1, -0.05) is 13.2 Å². The maximum Gasteiger partial charge on any atom is 0.243 e. The van der Waals surface area contributed by atoms with E-state index in [2.05, 4.69) is 28.7 Å². The minimum Gasteiger partial charge on any atom is -0.356 e. The molecule has 0 saturated heterocycles. The summed E-state index contributed by atoms with van der Waals surface area (Å²) in [6.45, 7) is 8.29. The molecule has 0 bridgehead atoms. The Hall–Kier alpha value is -1.62. The number of nitrogens with zero attached hydrogens (tertiary/aromatic N) is 1. The first-order valence-corrected chi connectivity index (χ1v) is 5.37. The van der Waals surface area contributed by atoms with Crippen LogP contribution in [0.2, 0.25) is 0 Å². The van der Waals surface area contributed by atoms with E-state index in [1.807, 2.05) is 14.1 Å². The van der Waals surface area contributed by atoms with Gasteiger partial charge in [0.25, 0.3) is 0 Å². The predicted molar refractivity (Wildman–Crippen MR) is 70.6 cm³/mol. The molecule has 0 aromatic rings. The van der Waals surface area contributed by atoms with Crippen LogP contribution in [0.5, 0.6) is 0 Å². The molecular weight excluding hydrogens is 218 g/mol. The summed E-state index contributed by atoms with van der Waals surface area (Å²) in [7, 11) is 5.58. The molecule has 0 spiro atoms. The van der Waals surface area contributed by atoms with Crippen LogP contribution in [0.15, 0.2) is 25.3 Å². The Morgan fingerprint density at radius 1 is 1.18 bits per heavy atom. The maximum atomic E-state index is 10.6. The number of hydrogen-bond donors (Lipinski definition) is 2. The minimum absolute atomic E-state index is 0.0937. The molecule has 2 N–H and O–H groups in total. The average Bonchev–Trinajstić information content (AvgIpc) is 2.33. The molecule has 0 aromatic heterocycles. The molecule has 0 aliphatic rings. The second-order valence-electron chi connectivity index (χ2n) is 3.47. The molecule has 98 valence electrons. The van der Waals surface area contributed by atoms with Crippen LogP contribution >= 0.6 is 0 Å². The highest BCUT2D eigenvalue weighted by Gasteiger charge is 1.92. The summed E-state index contributed by atoms with van der Waals surface area (Å²) >= 11 is 0. The van der Waals surface area contributed by atoms with Gasteiger partial charge in [-0.2, -0.15) is 0 Å². The van der Waals surface area contributed by atoms with Gasteiger partial charge in [0.05, 0.1) is 0 Å². The molecule has 0 aromatic carbocycles.